The summed E-state index contributed by atoms with van der Waals surface area (Å²) in [4.78, 5) is 0. The summed E-state index contributed by atoms with van der Waals surface area (Å²) in [5, 5.41) is 5.06. The molecule has 0 amide bonds. The highest BCUT2D eigenvalue weighted by molar-refractivity contribution is 6.21. The summed E-state index contributed by atoms with van der Waals surface area (Å²) in [6.45, 7) is 0. The van der Waals surface area contributed by atoms with Crippen LogP contribution in [0.15, 0.2) is 243 Å². The molecule has 17 rings (SSSR count). The molecule has 346 valence electrons. The average Bonchev–Trinajstić information content (AvgIpc) is 3.91. The Hall–Kier alpha value is -8.06. The van der Waals surface area contributed by atoms with Crippen LogP contribution in [-0.4, -0.2) is 0 Å². The predicted octanol–water partition coefficient (Wildman–Crippen LogP) is 18.7. The fourth-order valence-electron chi connectivity index (χ4n) is 16.4. The summed E-state index contributed by atoms with van der Waals surface area (Å²) < 4.78 is 0. The maximum absolute atomic E-state index is 2.67. The van der Waals surface area contributed by atoms with Crippen molar-refractivity contribution in [3.05, 3.63) is 276 Å². The fourth-order valence-corrected chi connectivity index (χ4v) is 16.4. The van der Waals surface area contributed by atoms with Crippen molar-refractivity contribution in [2.75, 3.05) is 0 Å². The van der Waals surface area contributed by atoms with Crippen molar-refractivity contribution in [1.29, 1.82) is 0 Å². The molecule has 0 atom stereocenters. The van der Waals surface area contributed by atoms with Crippen LogP contribution in [0.3, 0.4) is 0 Å². The molecule has 11 aromatic rings. The zero-order chi connectivity index (χ0) is 47.8. The van der Waals surface area contributed by atoms with E-state index in [2.05, 4.69) is 243 Å². The van der Waals surface area contributed by atoms with Crippen molar-refractivity contribution >= 4 is 21.5 Å². The molecule has 4 fully saturated rings. The molecule has 4 saturated carbocycles. The Morgan fingerprint density at radius 1 is 0.260 bits per heavy atom. The van der Waals surface area contributed by atoms with Crippen LogP contribution in [0.5, 0.6) is 0 Å². The zero-order valence-electron chi connectivity index (χ0n) is 40.9. The zero-order valence-corrected chi connectivity index (χ0v) is 40.9. The normalized spacial score (nSPS) is 21.3. The van der Waals surface area contributed by atoms with Gasteiger partial charge in [-0.05, 0) is 196 Å². The number of hydrogen-bond donors (Lipinski definition) is 0. The summed E-state index contributed by atoms with van der Waals surface area (Å²) in [6, 6.07) is 92.9. The molecule has 0 aromatic heterocycles. The van der Waals surface area contributed by atoms with Crippen molar-refractivity contribution in [2.45, 2.75) is 42.9 Å². The molecular weight excluding hydrogens is 877 g/mol. The molecule has 1 spiro atoms. The fraction of sp³-hybridized carbons (Fsp3) is 0.151. The van der Waals surface area contributed by atoms with Crippen LogP contribution >= 0.6 is 0 Å². The predicted molar refractivity (Wildman–Crippen MR) is 304 cm³/mol. The molecule has 0 saturated heterocycles. The standard InChI is InChI=1S/C73H54/c1-4-16-48(17-5-1)49-28-30-50(31-29-49)70-62-23-10-12-25-64(62)71(65-26-13-11-24-63(65)70)53-34-37-61-60-36-33-51(43-67(60)72(69(61)45-53,54-18-6-2-7-19-54)55-20-8-3-9-21-55)52-32-35-59-58-22-14-15-27-66(58)73(68(59)44-52)56-39-46-38-47(41-56)42-57(73)40-46/h1-37,43-47,56-57H,38-42H2. The summed E-state index contributed by atoms with van der Waals surface area (Å²) in [6.07, 6.45) is 7.02. The molecule has 0 nitrogen and oxygen atoms in total. The van der Waals surface area contributed by atoms with Crippen LogP contribution in [0, 0.1) is 23.7 Å². The number of hydrogen-bond acceptors (Lipinski definition) is 0. The monoisotopic (exact) mass is 930 g/mol. The Kier molecular flexibility index (Phi) is 8.95. The Balaban J connectivity index is 0.895. The molecule has 6 aliphatic carbocycles. The lowest BCUT2D eigenvalue weighted by atomic mass is 9.43. The van der Waals surface area contributed by atoms with Gasteiger partial charge in [-0.2, -0.15) is 0 Å². The van der Waals surface area contributed by atoms with Gasteiger partial charge in [-0.25, -0.2) is 0 Å². The number of benzene rings is 11. The molecule has 11 aromatic carbocycles. The average molecular weight is 931 g/mol. The van der Waals surface area contributed by atoms with E-state index < -0.39 is 5.41 Å². The van der Waals surface area contributed by atoms with E-state index in [0.717, 1.165) is 23.7 Å². The molecule has 0 unspecified atom stereocenters. The van der Waals surface area contributed by atoms with Crippen LogP contribution in [0.25, 0.3) is 88.3 Å². The lowest BCUT2D eigenvalue weighted by Crippen LogP contribution is -2.55. The molecule has 4 bridgehead atoms. The first-order valence-corrected chi connectivity index (χ1v) is 26.9. The lowest BCUT2D eigenvalue weighted by Gasteiger charge is -2.61. The Bertz CT molecular complexity index is 3880. The topological polar surface area (TPSA) is 0 Å². The maximum Gasteiger partial charge on any atom is 0.0713 e. The second-order valence-electron chi connectivity index (χ2n) is 22.3. The highest BCUT2D eigenvalue weighted by Gasteiger charge is 2.61. The summed E-state index contributed by atoms with van der Waals surface area (Å²) in [5.41, 5.74) is 23.7. The second kappa shape index (κ2) is 15.7. The third-order valence-electron chi connectivity index (χ3n) is 18.9. The number of fused-ring (bicyclic) bond motifs is 8. The molecule has 0 heteroatoms. The van der Waals surface area contributed by atoms with E-state index in [0.29, 0.717) is 0 Å². The first kappa shape index (κ1) is 41.5. The van der Waals surface area contributed by atoms with Gasteiger partial charge >= 0.3 is 0 Å². The number of rotatable bonds is 6. The molecule has 0 N–H and O–H groups in total. The smallest absolute Gasteiger partial charge is 0.0622 e. The molecule has 0 aliphatic heterocycles. The maximum atomic E-state index is 2.67. The lowest BCUT2D eigenvalue weighted by molar-refractivity contribution is -0.0399. The Morgan fingerprint density at radius 3 is 1.18 bits per heavy atom. The molecular formula is C73H54. The van der Waals surface area contributed by atoms with E-state index in [1.165, 1.54) is 143 Å². The van der Waals surface area contributed by atoms with Crippen molar-refractivity contribution in [1.82, 2.24) is 0 Å². The highest BCUT2D eigenvalue weighted by atomic mass is 14.6. The van der Waals surface area contributed by atoms with Gasteiger partial charge in [0.25, 0.3) is 0 Å². The van der Waals surface area contributed by atoms with Gasteiger partial charge in [0.05, 0.1) is 5.41 Å². The van der Waals surface area contributed by atoms with Gasteiger partial charge in [-0.1, -0.05) is 224 Å². The molecule has 0 heterocycles. The van der Waals surface area contributed by atoms with Crippen molar-refractivity contribution in [3.8, 4) is 66.8 Å². The second-order valence-corrected chi connectivity index (χ2v) is 22.3. The van der Waals surface area contributed by atoms with E-state index in [1.54, 1.807) is 11.1 Å². The largest absolute Gasteiger partial charge is 0.0713 e. The highest BCUT2D eigenvalue weighted by Crippen LogP contribution is 2.70. The van der Waals surface area contributed by atoms with Gasteiger partial charge in [0.1, 0.15) is 0 Å². The third-order valence-corrected chi connectivity index (χ3v) is 18.9. The summed E-state index contributed by atoms with van der Waals surface area (Å²) >= 11 is 0. The third kappa shape index (κ3) is 5.78. The van der Waals surface area contributed by atoms with Gasteiger partial charge in [0, 0.05) is 5.41 Å². The quantitative estimate of drug-likeness (QED) is 0.146. The van der Waals surface area contributed by atoms with E-state index in [4.69, 9.17) is 0 Å². The minimum atomic E-state index is -0.569. The summed E-state index contributed by atoms with van der Waals surface area (Å²) in [5.74, 6) is 3.28. The van der Waals surface area contributed by atoms with Crippen LogP contribution in [0.2, 0.25) is 0 Å². The Morgan fingerprint density at radius 2 is 0.630 bits per heavy atom. The van der Waals surface area contributed by atoms with Crippen LogP contribution in [-0.2, 0) is 10.8 Å². The van der Waals surface area contributed by atoms with Gasteiger partial charge in [0.15, 0.2) is 0 Å². The SMILES string of the molecule is c1ccc(-c2ccc(-c3c4ccccc4c(-c4ccc5c(c4)C(c4ccccc4)(c4ccccc4)c4cc(-c6ccc7c(c6)C6(c8ccccc8-7)C7CC8CC(C7)CC6C8)ccc4-5)c4ccccc34)cc2)cc1. The van der Waals surface area contributed by atoms with E-state index in [-0.39, 0.29) is 5.41 Å². The van der Waals surface area contributed by atoms with Gasteiger partial charge in [-0.15, -0.1) is 0 Å². The first-order chi connectivity index (χ1) is 36.2. The van der Waals surface area contributed by atoms with Crippen molar-refractivity contribution in [3.63, 3.8) is 0 Å². The summed E-state index contributed by atoms with van der Waals surface area (Å²) in [7, 11) is 0. The van der Waals surface area contributed by atoms with Crippen molar-refractivity contribution < 1.29 is 0 Å². The van der Waals surface area contributed by atoms with E-state index in [1.807, 2.05) is 0 Å². The van der Waals surface area contributed by atoms with Crippen LogP contribution < -0.4 is 0 Å². The van der Waals surface area contributed by atoms with Crippen LogP contribution in [0.1, 0.15) is 65.5 Å². The molecule has 6 aliphatic rings. The van der Waals surface area contributed by atoms with Crippen LogP contribution in [0.4, 0.5) is 0 Å². The van der Waals surface area contributed by atoms with E-state index in [9.17, 15) is 0 Å². The van der Waals surface area contributed by atoms with E-state index >= 15 is 0 Å². The Labute approximate surface area is 428 Å². The van der Waals surface area contributed by atoms with Crippen molar-refractivity contribution in [2.24, 2.45) is 23.7 Å². The van der Waals surface area contributed by atoms with Gasteiger partial charge in [-0.3, -0.25) is 0 Å². The first-order valence-electron chi connectivity index (χ1n) is 26.9. The van der Waals surface area contributed by atoms with Gasteiger partial charge < -0.3 is 0 Å². The molecule has 73 heavy (non-hydrogen) atoms. The molecule has 0 radical (unpaired) electrons. The minimum absolute atomic E-state index is 0.121. The van der Waals surface area contributed by atoms with Gasteiger partial charge in [0.2, 0.25) is 0 Å². The minimum Gasteiger partial charge on any atom is -0.0622 e.